The van der Waals surface area contributed by atoms with Gasteiger partial charge in [-0.25, -0.2) is 0 Å². The molecular weight excluding hydrogens is 200 g/mol. The lowest BCUT2D eigenvalue weighted by molar-refractivity contribution is -0.120. The zero-order valence-electron chi connectivity index (χ0n) is 8.83. The summed E-state index contributed by atoms with van der Waals surface area (Å²) in [6.07, 6.45) is 0.879. The van der Waals surface area contributed by atoms with Gasteiger partial charge in [-0.2, -0.15) is 5.10 Å². The van der Waals surface area contributed by atoms with Crippen LogP contribution in [0.5, 0.6) is 0 Å². The van der Waals surface area contributed by atoms with E-state index < -0.39 is 0 Å². The third-order valence-electron chi connectivity index (χ3n) is 1.84. The largest absolute Gasteiger partial charge is 0.377 e. The Kier molecular flexibility index (Phi) is 5.37. The summed E-state index contributed by atoms with van der Waals surface area (Å²) in [5.41, 5.74) is 5.15. The van der Waals surface area contributed by atoms with Gasteiger partial charge in [0, 0.05) is 5.54 Å². The number of amidine groups is 1. The Hall–Kier alpha value is -0.910. The average Bonchev–Trinajstić information content (AvgIpc) is 2.13. The second kappa shape index (κ2) is 5.74. The normalized spacial score (nSPS) is 12.6. The highest BCUT2D eigenvalue weighted by atomic mass is 32.2. The first-order chi connectivity index (χ1) is 6.41. The molecule has 82 valence electrons. The third kappa shape index (κ3) is 5.69. The van der Waals surface area contributed by atoms with Crippen molar-refractivity contribution in [2.75, 3.05) is 5.75 Å². The summed E-state index contributed by atoms with van der Waals surface area (Å²) in [7, 11) is 0. The first-order valence-electron chi connectivity index (χ1n) is 4.38. The summed E-state index contributed by atoms with van der Waals surface area (Å²) in [5, 5.41) is 6.35. The van der Waals surface area contributed by atoms with E-state index in [-0.39, 0.29) is 22.4 Å². The maximum Gasteiger partial charge on any atom is 0.230 e. The van der Waals surface area contributed by atoms with Gasteiger partial charge >= 0.3 is 0 Å². The molecule has 5 nitrogen and oxygen atoms in total. The lowest BCUT2D eigenvalue weighted by atomic mass is 10.0. The summed E-state index contributed by atoms with van der Waals surface area (Å²) in [5.74, 6) is 5.11. The SMILES string of the molecule is CCC(C)(C)NC(=O)CSC(N)=NN. The molecule has 14 heavy (non-hydrogen) atoms. The van der Waals surface area contributed by atoms with Crippen LogP contribution >= 0.6 is 11.8 Å². The molecule has 0 spiro atoms. The smallest absolute Gasteiger partial charge is 0.230 e. The van der Waals surface area contributed by atoms with Crippen molar-refractivity contribution in [1.29, 1.82) is 0 Å². The fraction of sp³-hybridized carbons (Fsp3) is 0.750. The topological polar surface area (TPSA) is 93.5 Å². The molecule has 0 aromatic heterocycles. The van der Waals surface area contributed by atoms with Crippen molar-refractivity contribution in [1.82, 2.24) is 5.32 Å². The molecule has 5 N–H and O–H groups in total. The molecule has 0 aliphatic heterocycles. The predicted molar refractivity (Wildman–Crippen MR) is 60.8 cm³/mol. The number of carbonyl (C=O) groups excluding carboxylic acids is 1. The average molecular weight is 218 g/mol. The molecule has 0 unspecified atom stereocenters. The fourth-order valence-electron chi connectivity index (χ4n) is 0.679. The van der Waals surface area contributed by atoms with Crippen LogP contribution in [0, 0.1) is 0 Å². The molecule has 0 aliphatic carbocycles. The number of nitrogens with zero attached hydrogens (tertiary/aromatic N) is 1. The fourth-order valence-corrected chi connectivity index (χ4v) is 1.10. The van der Waals surface area contributed by atoms with E-state index in [1.807, 2.05) is 20.8 Å². The molecule has 0 aliphatic rings. The molecule has 0 fully saturated rings. The molecule has 6 heteroatoms. The maximum absolute atomic E-state index is 11.4. The van der Waals surface area contributed by atoms with Crippen LogP contribution in [0.1, 0.15) is 27.2 Å². The minimum atomic E-state index is -0.174. The summed E-state index contributed by atoms with van der Waals surface area (Å²) in [6.45, 7) is 5.95. The Morgan fingerprint density at radius 1 is 1.57 bits per heavy atom. The number of thioether (sulfide) groups is 1. The predicted octanol–water partition coefficient (Wildman–Crippen LogP) is 0.213. The van der Waals surface area contributed by atoms with Crippen LogP contribution in [-0.2, 0) is 4.79 Å². The second-order valence-corrected chi connectivity index (χ2v) is 4.54. The van der Waals surface area contributed by atoms with Crippen LogP contribution in [0.3, 0.4) is 0 Å². The molecule has 0 aromatic rings. The highest BCUT2D eigenvalue weighted by molar-refractivity contribution is 8.14. The summed E-state index contributed by atoms with van der Waals surface area (Å²) in [4.78, 5) is 11.4. The zero-order valence-corrected chi connectivity index (χ0v) is 9.65. The molecule has 0 saturated heterocycles. The molecule has 0 aromatic carbocycles. The molecule has 0 rings (SSSR count). The van der Waals surface area contributed by atoms with Gasteiger partial charge in [0.2, 0.25) is 5.91 Å². The van der Waals surface area contributed by atoms with Crippen molar-refractivity contribution in [3.8, 4) is 0 Å². The lowest BCUT2D eigenvalue weighted by Gasteiger charge is -2.24. The van der Waals surface area contributed by atoms with Gasteiger partial charge in [0.05, 0.1) is 5.75 Å². The van der Waals surface area contributed by atoms with Gasteiger partial charge in [-0.1, -0.05) is 18.7 Å². The number of nitrogens with two attached hydrogens (primary N) is 2. The zero-order chi connectivity index (χ0) is 11.2. The number of hydrogen-bond acceptors (Lipinski definition) is 4. The van der Waals surface area contributed by atoms with Gasteiger partial charge < -0.3 is 16.9 Å². The van der Waals surface area contributed by atoms with E-state index in [0.717, 1.165) is 18.2 Å². The van der Waals surface area contributed by atoms with E-state index in [1.54, 1.807) is 0 Å². The molecule has 0 bridgehead atoms. The van der Waals surface area contributed by atoms with Crippen molar-refractivity contribution in [3.63, 3.8) is 0 Å². The van der Waals surface area contributed by atoms with E-state index >= 15 is 0 Å². The minimum Gasteiger partial charge on any atom is -0.377 e. The van der Waals surface area contributed by atoms with Gasteiger partial charge in [0.25, 0.3) is 0 Å². The number of hydrogen-bond donors (Lipinski definition) is 3. The standard InChI is InChI=1S/C8H18N4OS/c1-4-8(2,3)11-6(13)5-14-7(9)12-10/h4-5,10H2,1-3H3,(H2,9,12)(H,11,13). The summed E-state index contributed by atoms with van der Waals surface area (Å²) in [6, 6.07) is 0. The highest BCUT2D eigenvalue weighted by Crippen LogP contribution is 2.07. The highest BCUT2D eigenvalue weighted by Gasteiger charge is 2.17. The Morgan fingerprint density at radius 2 is 2.14 bits per heavy atom. The Balaban J connectivity index is 3.88. The van der Waals surface area contributed by atoms with Gasteiger partial charge in [-0.15, -0.1) is 0 Å². The van der Waals surface area contributed by atoms with Crippen molar-refractivity contribution in [2.24, 2.45) is 16.7 Å². The second-order valence-electron chi connectivity index (χ2n) is 3.54. The molecule has 0 heterocycles. The monoisotopic (exact) mass is 218 g/mol. The third-order valence-corrected chi connectivity index (χ3v) is 2.65. The van der Waals surface area contributed by atoms with Crippen LogP contribution in [0.2, 0.25) is 0 Å². The van der Waals surface area contributed by atoms with E-state index in [4.69, 9.17) is 11.6 Å². The van der Waals surface area contributed by atoms with Gasteiger partial charge in [0.15, 0.2) is 5.17 Å². The van der Waals surface area contributed by atoms with Crippen LogP contribution in [0.25, 0.3) is 0 Å². The van der Waals surface area contributed by atoms with Gasteiger partial charge in [-0.3, -0.25) is 4.79 Å². The first kappa shape index (κ1) is 13.1. The van der Waals surface area contributed by atoms with Crippen molar-refractivity contribution in [2.45, 2.75) is 32.7 Å². The van der Waals surface area contributed by atoms with E-state index in [9.17, 15) is 4.79 Å². The van der Waals surface area contributed by atoms with E-state index in [0.29, 0.717) is 0 Å². The molecular formula is C8H18N4OS. The summed E-state index contributed by atoms with van der Waals surface area (Å²) < 4.78 is 0. The molecule has 0 saturated carbocycles. The number of rotatable bonds is 4. The lowest BCUT2D eigenvalue weighted by Crippen LogP contribution is -2.43. The number of hydrazone groups is 1. The van der Waals surface area contributed by atoms with Crippen LogP contribution < -0.4 is 16.9 Å². The number of carbonyl (C=O) groups is 1. The van der Waals surface area contributed by atoms with Crippen LogP contribution in [0.4, 0.5) is 0 Å². The maximum atomic E-state index is 11.4. The van der Waals surface area contributed by atoms with Crippen LogP contribution in [0.15, 0.2) is 5.10 Å². The number of amides is 1. The van der Waals surface area contributed by atoms with Crippen LogP contribution in [-0.4, -0.2) is 22.4 Å². The number of nitrogens with one attached hydrogen (secondary N) is 1. The van der Waals surface area contributed by atoms with E-state index in [1.165, 1.54) is 0 Å². The van der Waals surface area contributed by atoms with Crippen molar-refractivity contribution in [3.05, 3.63) is 0 Å². The van der Waals surface area contributed by atoms with Gasteiger partial charge in [0.1, 0.15) is 0 Å². The van der Waals surface area contributed by atoms with Gasteiger partial charge in [-0.05, 0) is 20.3 Å². The first-order valence-corrected chi connectivity index (χ1v) is 5.37. The molecule has 0 radical (unpaired) electrons. The van der Waals surface area contributed by atoms with Crippen molar-refractivity contribution >= 4 is 22.8 Å². The minimum absolute atomic E-state index is 0.0616. The molecule has 0 atom stereocenters. The molecule has 1 amide bonds. The van der Waals surface area contributed by atoms with Crippen molar-refractivity contribution < 1.29 is 4.79 Å². The Labute approximate surface area is 88.7 Å². The summed E-state index contributed by atoms with van der Waals surface area (Å²) >= 11 is 1.13. The van der Waals surface area contributed by atoms with E-state index in [2.05, 4.69) is 10.4 Å². The Bertz CT molecular complexity index is 227. The Morgan fingerprint density at radius 3 is 2.57 bits per heavy atom. The quantitative estimate of drug-likeness (QED) is 0.272.